The molecule has 6 nitrogen and oxygen atoms in total. The number of aromatic nitrogens is 3. The number of carboxylic acid groups (broad SMARTS) is 1. The van der Waals surface area contributed by atoms with Gasteiger partial charge in [-0.15, -0.1) is 10.2 Å². The fourth-order valence-corrected chi connectivity index (χ4v) is 2.27. The standard InChI is InChI=1S/C11H18N4O2/c1-2-15-8-12-13-10(15)7-14-5-3-4-9(6-14)11(16)17/h8-9H,2-7H2,1H3,(H,16,17). The molecule has 0 amide bonds. The first kappa shape index (κ1) is 12.0. The molecule has 0 radical (unpaired) electrons. The van der Waals surface area contributed by atoms with Gasteiger partial charge in [0.2, 0.25) is 0 Å². The molecule has 0 spiro atoms. The van der Waals surface area contributed by atoms with E-state index in [1.54, 1.807) is 6.33 Å². The van der Waals surface area contributed by atoms with Crippen LogP contribution in [-0.4, -0.2) is 43.8 Å². The van der Waals surface area contributed by atoms with Crippen molar-refractivity contribution in [3.05, 3.63) is 12.2 Å². The number of aliphatic carboxylic acids is 1. The van der Waals surface area contributed by atoms with Crippen LogP contribution in [0.5, 0.6) is 0 Å². The number of carbonyl (C=O) groups is 1. The maximum atomic E-state index is 11.0. The van der Waals surface area contributed by atoms with Crippen LogP contribution in [0.1, 0.15) is 25.6 Å². The van der Waals surface area contributed by atoms with E-state index in [-0.39, 0.29) is 5.92 Å². The molecule has 1 aromatic rings. The minimum Gasteiger partial charge on any atom is -0.481 e. The molecule has 17 heavy (non-hydrogen) atoms. The molecule has 0 bridgehead atoms. The van der Waals surface area contributed by atoms with Crippen LogP contribution < -0.4 is 0 Å². The number of carboxylic acids is 1. The van der Waals surface area contributed by atoms with E-state index >= 15 is 0 Å². The molecule has 1 atom stereocenters. The van der Waals surface area contributed by atoms with Gasteiger partial charge in [0.25, 0.3) is 0 Å². The Labute approximate surface area is 100 Å². The van der Waals surface area contributed by atoms with E-state index in [2.05, 4.69) is 15.1 Å². The highest BCUT2D eigenvalue weighted by Crippen LogP contribution is 2.18. The fourth-order valence-electron chi connectivity index (χ4n) is 2.27. The van der Waals surface area contributed by atoms with Gasteiger partial charge in [-0.2, -0.15) is 0 Å². The molecule has 94 valence electrons. The molecule has 1 aliphatic heterocycles. The summed E-state index contributed by atoms with van der Waals surface area (Å²) in [5.74, 6) is -0.00746. The van der Waals surface area contributed by atoms with Gasteiger partial charge in [-0.3, -0.25) is 9.69 Å². The third-order valence-electron chi connectivity index (χ3n) is 3.26. The van der Waals surface area contributed by atoms with Crippen molar-refractivity contribution in [1.82, 2.24) is 19.7 Å². The number of piperidine rings is 1. The van der Waals surface area contributed by atoms with Crippen LogP contribution in [0.25, 0.3) is 0 Å². The van der Waals surface area contributed by atoms with Gasteiger partial charge < -0.3 is 9.67 Å². The Hall–Kier alpha value is -1.43. The summed E-state index contributed by atoms with van der Waals surface area (Å²) in [7, 11) is 0. The SMILES string of the molecule is CCn1cnnc1CN1CCCC(C(=O)O)C1. The monoisotopic (exact) mass is 238 g/mol. The normalized spacial score (nSPS) is 21.6. The Balaban J connectivity index is 1.97. The molecule has 0 saturated carbocycles. The van der Waals surface area contributed by atoms with Gasteiger partial charge in [0, 0.05) is 13.1 Å². The molecule has 1 aliphatic rings. The summed E-state index contributed by atoms with van der Waals surface area (Å²) in [6.07, 6.45) is 3.44. The van der Waals surface area contributed by atoms with Crippen LogP contribution >= 0.6 is 0 Å². The van der Waals surface area contributed by atoms with E-state index in [1.165, 1.54) is 0 Å². The highest BCUT2D eigenvalue weighted by Gasteiger charge is 2.25. The summed E-state index contributed by atoms with van der Waals surface area (Å²) in [5.41, 5.74) is 0. The zero-order valence-corrected chi connectivity index (χ0v) is 10.0. The van der Waals surface area contributed by atoms with Gasteiger partial charge in [-0.1, -0.05) is 0 Å². The lowest BCUT2D eigenvalue weighted by atomic mass is 9.98. The zero-order chi connectivity index (χ0) is 12.3. The highest BCUT2D eigenvalue weighted by atomic mass is 16.4. The Morgan fingerprint density at radius 1 is 1.65 bits per heavy atom. The number of nitrogens with zero attached hydrogens (tertiary/aromatic N) is 4. The lowest BCUT2D eigenvalue weighted by molar-refractivity contribution is -0.143. The van der Waals surface area contributed by atoms with Gasteiger partial charge >= 0.3 is 5.97 Å². The van der Waals surface area contributed by atoms with Crippen LogP contribution in [0, 0.1) is 5.92 Å². The Bertz CT molecular complexity index is 391. The van der Waals surface area contributed by atoms with Crippen LogP contribution in [0.4, 0.5) is 0 Å². The van der Waals surface area contributed by atoms with E-state index in [0.29, 0.717) is 13.1 Å². The number of aryl methyl sites for hydroxylation is 1. The third-order valence-corrected chi connectivity index (χ3v) is 3.26. The van der Waals surface area contributed by atoms with Gasteiger partial charge in [0.05, 0.1) is 12.5 Å². The lowest BCUT2D eigenvalue weighted by Gasteiger charge is -2.30. The number of hydrogen-bond donors (Lipinski definition) is 1. The predicted octanol–water partition coefficient (Wildman–Crippen LogP) is 0.595. The van der Waals surface area contributed by atoms with Crippen LogP contribution in [0.15, 0.2) is 6.33 Å². The molecule has 1 aromatic heterocycles. The summed E-state index contributed by atoms with van der Waals surface area (Å²) in [4.78, 5) is 13.1. The molecular formula is C11H18N4O2. The maximum Gasteiger partial charge on any atom is 0.307 e. The molecule has 6 heteroatoms. The summed E-state index contributed by atoms with van der Waals surface area (Å²) >= 11 is 0. The first-order valence-electron chi connectivity index (χ1n) is 6.02. The minimum atomic E-state index is -0.688. The largest absolute Gasteiger partial charge is 0.481 e. The topological polar surface area (TPSA) is 71.2 Å². The molecule has 2 heterocycles. The van der Waals surface area contributed by atoms with E-state index in [0.717, 1.165) is 31.8 Å². The van der Waals surface area contributed by atoms with Crippen molar-refractivity contribution in [2.24, 2.45) is 5.92 Å². The van der Waals surface area contributed by atoms with Gasteiger partial charge in [0.1, 0.15) is 12.2 Å². The fraction of sp³-hybridized carbons (Fsp3) is 0.727. The Morgan fingerprint density at radius 3 is 3.18 bits per heavy atom. The van der Waals surface area contributed by atoms with Crippen molar-refractivity contribution in [3.8, 4) is 0 Å². The summed E-state index contributed by atoms with van der Waals surface area (Å²) in [6, 6.07) is 0. The van der Waals surface area contributed by atoms with Crippen LogP contribution in [0.2, 0.25) is 0 Å². The molecule has 1 saturated heterocycles. The molecule has 1 fully saturated rings. The average Bonchev–Trinajstić information content (AvgIpc) is 2.76. The molecule has 1 N–H and O–H groups in total. The lowest BCUT2D eigenvalue weighted by Crippen LogP contribution is -2.38. The molecule has 0 aliphatic carbocycles. The summed E-state index contributed by atoms with van der Waals surface area (Å²) in [6.45, 7) is 5.14. The second-order valence-corrected chi connectivity index (χ2v) is 4.45. The third kappa shape index (κ3) is 2.82. The smallest absolute Gasteiger partial charge is 0.307 e. The van der Waals surface area contributed by atoms with Crippen LogP contribution in [0.3, 0.4) is 0 Å². The zero-order valence-electron chi connectivity index (χ0n) is 10.0. The number of rotatable bonds is 4. The maximum absolute atomic E-state index is 11.0. The first-order chi connectivity index (χ1) is 8.20. The predicted molar refractivity (Wildman–Crippen MR) is 61.3 cm³/mol. The van der Waals surface area contributed by atoms with E-state index < -0.39 is 5.97 Å². The second kappa shape index (κ2) is 5.27. The Morgan fingerprint density at radius 2 is 2.47 bits per heavy atom. The van der Waals surface area contributed by atoms with Gasteiger partial charge in [-0.05, 0) is 26.3 Å². The van der Waals surface area contributed by atoms with E-state index in [9.17, 15) is 4.79 Å². The van der Waals surface area contributed by atoms with Gasteiger partial charge in [0.15, 0.2) is 0 Å². The molecule has 0 aromatic carbocycles. The van der Waals surface area contributed by atoms with Crippen LogP contribution in [-0.2, 0) is 17.9 Å². The van der Waals surface area contributed by atoms with Crippen molar-refractivity contribution in [3.63, 3.8) is 0 Å². The van der Waals surface area contributed by atoms with Gasteiger partial charge in [-0.25, -0.2) is 0 Å². The van der Waals surface area contributed by atoms with Crippen molar-refractivity contribution in [2.75, 3.05) is 13.1 Å². The summed E-state index contributed by atoms with van der Waals surface area (Å²) in [5, 5.41) is 17.0. The van der Waals surface area contributed by atoms with E-state index in [1.807, 2.05) is 11.5 Å². The molecular weight excluding hydrogens is 220 g/mol. The van der Waals surface area contributed by atoms with E-state index in [4.69, 9.17) is 5.11 Å². The van der Waals surface area contributed by atoms with Crippen molar-refractivity contribution < 1.29 is 9.90 Å². The van der Waals surface area contributed by atoms with Crippen molar-refractivity contribution >= 4 is 5.97 Å². The van der Waals surface area contributed by atoms with Crippen molar-refractivity contribution in [2.45, 2.75) is 32.9 Å². The van der Waals surface area contributed by atoms with Crippen molar-refractivity contribution in [1.29, 1.82) is 0 Å². The second-order valence-electron chi connectivity index (χ2n) is 4.45. The highest BCUT2D eigenvalue weighted by molar-refractivity contribution is 5.70. The number of likely N-dealkylation sites (tertiary alicyclic amines) is 1. The summed E-state index contributed by atoms with van der Waals surface area (Å²) < 4.78 is 1.99. The molecule has 2 rings (SSSR count). The molecule has 1 unspecified atom stereocenters. The average molecular weight is 238 g/mol. The quantitative estimate of drug-likeness (QED) is 0.831. The number of hydrogen-bond acceptors (Lipinski definition) is 4. The Kier molecular flexibility index (Phi) is 3.73. The minimum absolute atomic E-state index is 0.234. The first-order valence-corrected chi connectivity index (χ1v) is 6.02.